The molecule has 0 bridgehead atoms. The summed E-state index contributed by atoms with van der Waals surface area (Å²) >= 11 is 0. The number of anilines is 1. The summed E-state index contributed by atoms with van der Waals surface area (Å²) in [5, 5.41) is 0. The highest BCUT2D eigenvalue weighted by Gasteiger charge is 2.32. The van der Waals surface area contributed by atoms with Gasteiger partial charge in [0.05, 0.1) is 11.7 Å². The van der Waals surface area contributed by atoms with Crippen molar-refractivity contribution in [3.63, 3.8) is 0 Å². The highest BCUT2D eigenvalue weighted by Crippen LogP contribution is 2.39. The third kappa shape index (κ3) is 2.20. The van der Waals surface area contributed by atoms with Crippen molar-refractivity contribution in [1.82, 2.24) is 9.36 Å². The van der Waals surface area contributed by atoms with E-state index in [4.69, 9.17) is 5.73 Å². The minimum absolute atomic E-state index is 0.00639. The number of nitrogens with two attached hydrogens (primary N) is 1. The maximum atomic E-state index is 12.3. The first kappa shape index (κ1) is 13.2. The van der Waals surface area contributed by atoms with Crippen molar-refractivity contribution < 1.29 is 0 Å². The fraction of sp³-hybridized carbons (Fsp3) is 0.786. The van der Waals surface area contributed by atoms with Gasteiger partial charge in [0, 0.05) is 6.54 Å². The lowest BCUT2D eigenvalue weighted by Gasteiger charge is -2.19. The second kappa shape index (κ2) is 4.82. The van der Waals surface area contributed by atoms with E-state index in [2.05, 4.69) is 32.4 Å². The van der Waals surface area contributed by atoms with E-state index in [1.807, 2.05) is 4.68 Å². The quantitative estimate of drug-likeness (QED) is 0.873. The van der Waals surface area contributed by atoms with E-state index in [-0.39, 0.29) is 11.6 Å². The maximum absolute atomic E-state index is 12.3. The number of hydrogen-bond donors (Lipinski definition) is 1. The van der Waals surface area contributed by atoms with Gasteiger partial charge in [-0.15, -0.1) is 0 Å². The van der Waals surface area contributed by atoms with E-state index in [1.165, 1.54) is 12.8 Å². The molecular weight excluding hydrogens is 226 g/mol. The fourth-order valence-corrected chi connectivity index (χ4v) is 2.75. The zero-order valence-corrected chi connectivity index (χ0v) is 11.9. The van der Waals surface area contributed by atoms with Crippen molar-refractivity contribution >= 4 is 5.69 Å². The number of rotatable bonds is 5. The normalized spacial score (nSPS) is 17.4. The minimum Gasteiger partial charge on any atom is -0.393 e. The number of nitrogen functional groups attached to an aromatic ring is 1. The molecule has 0 radical (unpaired) electrons. The zero-order chi connectivity index (χ0) is 13.4. The average Bonchev–Trinajstić information content (AvgIpc) is 3.11. The van der Waals surface area contributed by atoms with Crippen molar-refractivity contribution in [3.8, 4) is 0 Å². The van der Waals surface area contributed by atoms with Gasteiger partial charge in [0.25, 0.3) is 5.56 Å². The second-order valence-corrected chi connectivity index (χ2v) is 5.90. The summed E-state index contributed by atoms with van der Waals surface area (Å²) in [5.74, 6) is 1.17. The third-order valence-corrected chi connectivity index (χ3v) is 3.91. The Hall–Kier alpha value is -1.19. The number of nitrogens with zero attached hydrogens (tertiary/aromatic N) is 2. The smallest absolute Gasteiger partial charge is 0.290 e. The van der Waals surface area contributed by atoms with Crippen LogP contribution in [0.4, 0.5) is 5.69 Å². The largest absolute Gasteiger partial charge is 0.393 e. The predicted molar refractivity (Wildman–Crippen MR) is 74.8 cm³/mol. The summed E-state index contributed by atoms with van der Waals surface area (Å²) in [7, 11) is 0. The van der Waals surface area contributed by atoms with Crippen LogP contribution in [0.3, 0.4) is 0 Å². The van der Waals surface area contributed by atoms with Gasteiger partial charge in [-0.1, -0.05) is 13.8 Å². The summed E-state index contributed by atoms with van der Waals surface area (Å²) in [6, 6.07) is 0.278. The van der Waals surface area contributed by atoms with Gasteiger partial charge in [-0.3, -0.25) is 9.48 Å². The van der Waals surface area contributed by atoms with Crippen molar-refractivity contribution in [2.45, 2.75) is 59.5 Å². The van der Waals surface area contributed by atoms with Gasteiger partial charge < -0.3 is 5.73 Å². The lowest BCUT2D eigenvalue weighted by Crippen LogP contribution is -2.28. The van der Waals surface area contributed by atoms with E-state index in [0.29, 0.717) is 17.5 Å². The molecule has 2 N–H and O–H groups in total. The lowest BCUT2D eigenvalue weighted by atomic mass is 10.1. The molecular formula is C14H25N3O. The standard InChI is InChI=1S/C14H25N3O/c1-5-16-12(8-9(2)3)13(15)14(18)17(16)10(4)11-6-7-11/h9-11H,5-8,15H2,1-4H3. The summed E-state index contributed by atoms with van der Waals surface area (Å²) < 4.78 is 3.99. The molecule has 2 rings (SSSR count). The molecule has 1 aliphatic carbocycles. The van der Waals surface area contributed by atoms with Gasteiger partial charge in [-0.25, -0.2) is 4.68 Å². The first-order valence-corrected chi connectivity index (χ1v) is 7.07. The Morgan fingerprint density at radius 2 is 1.94 bits per heavy atom. The van der Waals surface area contributed by atoms with Gasteiger partial charge in [-0.2, -0.15) is 0 Å². The molecule has 0 saturated heterocycles. The van der Waals surface area contributed by atoms with Crippen molar-refractivity contribution in [2.75, 3.05) is 5.73 Å². The minimum atomic E-state index is 0.00639. The van der Waals surface area contributed by atoms with Crippen LogP contribution in [-0.2, 0) is 13.0 Å². The van der Waals surface area contributed by atoms with Crippen LogP contribution in [0.2, 0.25) is 0 Å². The Morgan fingerprint density at radius 3 is 2.39 bits per heavy atom. The van der Waals surface area contributed by atoms with E-state index < -0.39 is 0 Å². The monoisotopic (exact) mass is 251 g/mol. The van der Waals surface area contributed by atoms with Crippen LogP contribution in [0.1, 0.15) is 52.3 Å². The van der Waals surface area contributed by atoms with Crippen LogP contribution in [0.5, 0.6) is 0 Å². The molecule has 0 aliphatic heterocycles. The molecule has 0 amide bonds. The van der Waals surface area contributed by atoms with E-state index in [1.54, 1.807) is 0 Å². The van der Waals surface area contributed by atoms with E-state index in [0.717, 1.165) is 18.7 Å². The molecule has 4 nitrogen and oxygen atoms in total. The molecule has 1 aromatic heterocycles. The van der Waals surface area contributed by atoms with Crippen LogP contribution in [0.25, 0.3) is 0 Å². The van der Waals surface area contributed by atoms with E-state index >= 15 is 0 Å². The Kier molecular flexibility index (Phi) is 3.55. The predicted octanol–water partition coefficient (Wildman–Crippen LogP) is 2.42. The van der Waals surface area contributed by atoms with Crippen LogP contribution in [-0.4, -0.2) is 9.36 Å². The van der Waals surface area contributed by atoms with Crippen molar-refractivity contribution in [1.29, 1.82) is 0 Å². The highest BCUT2D eigenvalue weighted by molar-refractivity contribution is 5.42. The van der Waals surface area contributed by atoms with Gasteiger partial charge in [-0.05, 0) is 44.9 Å². The van der Waals surface area contributed by atoms with Crippen LogP contribution >= 0.6 is 0 Å². The summed E-state index contributed by atoms with van der Waals surface area (Å²) in [5.41, 5.74) is 7.51. The van der Waals surface area contributed by atoms with Gasteiger partial charge >= 0.3 is 0 Å². The Balaban J connectivity index is 2.48. The lowest BCUT2D eigenvalue weighted by molar-refractivity contribution is 0.347. The SMILES string of the molecule is CCn1c(CC(C)C)c(N)c(=O)n1C(C)C1CC1. The molecule has 1 heterocycles. The molecule has 102 valence electrons. The van der Waals surface area contributed by atoms with Crippen LogP contribution in [0, 0.1) is 11.8 Å². The van der Waals surface area contributed by atoms with Crippen molar-refractivity contribution in [2.24, 2.45) is 11.8 Å². The van der Waals surface area contributed by atoms with Crippen LogP contribution < -0.4 is 11.3 Å². The molecule has 18 heavy (non-hydrogen) atoms. The molecule has 0 spiro atoms. The molecule has 1 aliphatic rings. The van der Waals surface area contributed by atoms with Gasteiger partial charge in [0.15, 0.2) is 0 Å². The Bertz CT molecular complexity index is 480. The summed E-state index contributed by atoms with van der Waals surface area (Å²) in [6.45, 7) is 9.35. The highest BCUT2D eigenvalue weighted by atomic mass is 16.1. The molecule has 1 saturated carbocycles. The van der Waals surface area contributed by atoms with E-state index in [9.17, 15) is 4.79 Å². The molecule has 1 aromatic rings. The molecule has 0 aromatic carbocycles. The molecule has 1 fully saturated rings. The third-order valence-electron chi connectivity index (χ3n) is 3.91. The first-order chi connectivity index (χ1) is 8.47. The number of hydrogen-bond acceptors (Lipinski definition) is 2. The topological polar surface area (TPSA) is 52.9 Å². The average molecular weight is 251 g/mol. The second-order valence-electron chi connectivity index (χ2n) is 5.90. The van der Waals surface area contributed by atoms with Crippen molar-refractivity contribution in [3.05, 3.63) is 16.0 Å². The van der Waals surface area contributed by atoms with Gasteiger partial charge in [0.1, 0.15) is 5.69 Å². The molecule has 1 atom stereocenters. The molecule has 4 heteroatoms. The van der Waals surface area contributed by atoms with Crippen LogP contribution in [0.15, 0.2) is 4.79 Å². The fourth-order valence-electron chi connectivity index (χ4n) is 2.75. The number of aromatic nitrogens is 2. The Morgan fingerprint density at radius 1 is 1.33 bits per heavy atom. The summed E-state index contributed by atoms with van der Waals surface area (Å²) in [4.78, 5) is 12.3. The van der Waals surface area contributed by atoms with Gasteiger partial charge in [0.2, 0.25) is 0 Å². The zero-order valence-electron chi connectivity index (χ0n) is 11.9. The maximum Gasteiger partial charge on any atom is 0.290 e. The summed E-state index contributed by atoms with van der Waals surface area (Å²) in [6.07, 6.45) is 3.35. The Labute approximate surface area is 109 Å². The molecule has 1 unspecified atom stereocenters. The first-order valence-electron chi connectivity index (χ1n) is 7.07.